The minimum Gasteiger partial charge on any atom is -0.383 e. The van der Waals surface area contributed by atoms with Gasteiger partial charge in [-0.1, -0.05) is 54.6 Å². The maximum Gasteiger partial charge on any atom is 0.220 e. The van der Waals surface area contributed by atoms with Crippen molar-refractivity contribution in [1.82, 2.24) is 5.32 Å². The van der Waals surface area contributed by atoms with Crippen LogP contribution in [0.1, 0.15) is 30.1 Å². The summed E-state index contributed by atoms with van der Waals surface area (Å²) < 4.78 is 4.97. The van der Waals surface area contributed by atoms with E-state index in [1.807, 2.05) is 61.5 Å². The van der Waals surface area contributed by atoms with Crippen molar-refractivity contribution >= 4 is 11.7 Å². The van der Waals surface area contributed by atoms with Gasteiger partial charge in [0.05, 0.1) is 6.61 Å². The van der Waals surface area contributed by atoms with Gasteiger partial charge in [0.2, 0.25) is 5.91 Å². The molecule has 2 aromatic rings. The first kappa shape index (κ1) is 17.9. The number of Topliss-reactive ketones (excluding diaryl/α,β-unsaturated/α-hetero) is 1. The van der Waals surface area contributed by atoms with Crippen LogP contribution in [0.15, 0.2) is 54.6 Å². The first-order valence-electron chi connectivity index (χ1n) is 8.07. The minimum absolute atomic E-state index is 0.0239. The molecule has 0 aliphatic rings. The van der Waals surface area contributed by atoms with Crippen molar-refractivity contribution in [3.8, 4) is 11.1 Å². The molecule has 126 valence electrons. The first-order valence-corrected chi connectivity index (χ1v) is 8.07. The van der Waals surface area contributed by atoms with Crippen LogP contribution in [0.3, 0.4) is 0 Å². The Balaban J connectivity index is 1.88. The molecule has 0 aliphatic carbocycles. The highest BCUT2D eigenvalue weighted by atomic mass is 16.5. The van der Waals surface area contributed by atoms with Crippen LogP contribution in [0.2, 0.25) is 0 Å². The number of methoxy groups -OCH3 is 1. The summed E-state index contributed by atoms with van der Waals surface area (Å²) in [4.78, 5) is 24.0. The molecule has 0 unspecified atom stereocenters. The topological polar surface area (TPSA) is 55.4 Å². The summed E-state index contributed by atoms with van der Waals surface area (Å²) in [7, 11) is 1.59. The summed E-state index contributed by atoms with van der Waals surface area (Å²) in [6, 6.07) is 17.4. The van der Waals surface area contributed by atoms with Crippen LogP contribution in [0.25, 0.3) is 11.1 Å². The summed E-state index contributed by atoms with van der Waals surface area (Å²) in [5.74, 6) is -0.155. The van der Waals surface area contributed by atoms with Crippen molar-refractivity contribution < 1.29 is 14.3 Å². The van der Waals surface area contributed by atoms with Gasteiger partial charge in [0.15, 0.2) is 5.78 Å². The molecule has 0 aliphatic heterocycles. The zero-order valence-corrected chi connectivity index (χ0v) is 14.1. The summed E-state index contributed by atoms with van der Waals surface area (Å²) >= 11 is 0. The van der Waals surface area contributed by atoms with Crippen molar-refractivity contribution in [2.75, 3.05) is 13.7 Å². The molecule has 4 heteroatoms. The highest BCUT2D eigenvalue weighted by Gasteiger charge is 2.11. The number of hydrogen-bond acceptors (Lipinski definition) is 3. The second-order valence-corrected chi connectivity index (χ2v) is 5.79. The molecule has 0 fully saturated rings. The lowest BCUT2D eigenvalue weighted by atomic mass is 10.0. The van der Waals surface area contributed by atoms with Crippen LogP contribution in [0.5, 0.6) is 0 Å². The number of rotatable bonds is 8. The summed E-state index contributed by atoms with van der Waals surface area (Å²) in [6.07, 6.45) is 0.392. The van der Waals surface area contributed by atoms with Crippen LogP contribution in [0.4, 0.5) is 0 Å². The minimum atomic E-state index is -0.131. The number of amides is 1. The lowest BCUT2D eigenvalue weighted by molar-refractivity contribution is -0.122. The number of hydrogen-bond donors (Lipinski definition) is 1. The lowest BCUT2D eigenvalue weighted by Gasteiger charge is -2.12. The van der Waals surface area contributed by atoms with Gasteiger partial charge in [-0.05, 0) is 18.1 Å². The number of carbonyl (C=O) groups is 2. The molecule has 0 bridgehead atoms. The highest BCUT2D eigenvalue weighted by molar-refractivity contribution is 5.98. The van der Waals surface area contributed by atoms with Gasteiger partial charge in [0.1, 0.15) is 0 Å². The van der Waals surface area contributed by atoms with E-state index in [0.29, 0.717) is 12.2 Å². The molecular formula is C20H23NO3. The van der Waals surface area contributed by atoms with Crippen LogP contribution in [-0.4, -0.2) is 31.4 Å². The Hall–Kier alpha value is -2.46. The molecule has 0 saturated heterocycles. The van der Waals surface area contributed by atoms with E-state index < -0.39 is 0 Å². The predicted octanol–water partition coefficient (Wildman–Crippen LogP) is 3.47. The number of nitrogens with one attached hydrogen (secondary N) is 1. The highest BCUT2D eigenvalue weighted by Crippen LogP contribution is 2.19. The van der Waals surface area contributed by atoms with Crippen molar-refractivity contribution in [3.05, 3.63) is 60.2 Å². The first-order chi connectivity index (χ1) is 11.6. The van der Waals surface area contributed by atoms with E-state index >= 15 is 0 Å². The Morgan fingerprint density at radius 1 is 0.958 bits per heavy atom. The molecule has 24 heavy (non-hydrogen) atoms. The average Bonchev–Trinajstić information content (AvgIpc) is 2.61. The Morgan fingerprint density at radius 2 is 1.58 bits per heavy atom. The molecule has 2 rings (SSSR count). The van der Waals surface area contributed by atoms with E-state index in [9.17, 15) is 9.59 Å². The van der Waals surface area contributed by atoms with E-state index in [2.05, 4.69) is 5.32 Å². The fraction of sp³-hybridized carbons (Fsp3) is 0.300. The summed E-state index contributed by atoms with van der Waals surface area (Å²) in [5.41, 5.74) is 2.81. The molecule has 1 amide bonds. The van der Waals surface area contributed by atoms with E-state index in [4.69, 9.17) is 4.74 Å². The lowest BCUT2D eigenvalue weighted by Crippen LogP contribution is -2.35. The summed E-state index contributed by atoms with van der Waals surface area (Å²) in [6.45, 7) is 2.33. The molecular weight excluding hydrogens is 302 g/mol. The fourth-order valence-corrected chi connectivity index (χ4v) is 2.49. The molecule has 0 radical (unpaired) electrons. The second-order valence-electron chi connectivity index (χ2n) is 5.79. The Kier molecular flexibility index (Phi) is 6.70. The Bertz CT molecular complexity index is 665. The SMILES string of the molecule is COC[C@@H](C)NC(=O)CCC(=O)c1ccc(-c2ccccc2)cc1. The number of benzene rings is 2. The maximum absolute atomic E-state index is 12.2. The van der Waals surface area contributed by atoms with Crippen LogP contribution < -0.4 is 5.32 Å². The normalized spacial score (nSPS) is 11.8. The van der Waals surface area contributed by atoms with Crippen LogP contribution in [0, 0.1) is 0 Å². The van der Waals surface area contributed by atoms with Gasteiger partial charge in [0.25, 0.3) is 0 Å². The smallest absolute Gasteiger partial charge is 0.220 e. The molecule has 0 aromatic heterocycles. The van der Waals surface area contributed by atoms with Gasteiger partial charge >= 0.3 is 0 Å². The van der Waals surface area contributed by atoms with Crippen molar-refractivity contribution in [3.63, 3.8) is 0 Å². The molecule has 1 atom stereocenters. The van der Waals surface area contributed by atoms with E-state index in [0.717, 1.165) is 11.1 Å². The van der Waals surface area contributed by atoms with Crippen molar-refractivity contribution in [2.45, 2.75) is 25.8 Å². The van der Waals surface area contributed by atoms with Crippen LogP contribution in [-0.2, 0) is 9.53 Å². The molecule has 0 spiro atoms. The second kappa shape index (κ2) is 8.99. The maximum atomic E-state index is 12.2. The third-order valence-corrected chi connectivity index (χ3v) is 3.72. The quantitative estimate of drug-likeness (QED) is 0.756. The van der Waals surface area contributed by atoms with E-state index in [1.54, 1.807) is 7.11 Å². The largest absolute Gasteiger partial charge is 0.383 e. The zero-order valence-electron chi connectivity index (χ0n) is 14.1. The molecule has 1 N–H and O–H groups in total. The number of ketones is 1. The monoisotopic (exact) mass is 325 g/mol. The van der Waals surface area contributed by atoms with Gasteiger partial charge in [-0.2, -0.15) is 0 Å². The van der Waals surface area contributed by atoms with Crippen molar-refractivity contribution in [1.29, 1.82) is 0 Å². The Labute approximate surface area is 142 Å². The van der Waals surface area contributed by atoms with Gasteiger partial charge < -0.3 is 10.1 Å². The zero-order chi connectivity index (χ0) is 17.4. The molecule has 0 heterocycles. The number of ether oxygens (including phenoxy) is 1. The van der Waals surface area contributed by atoms with Gasteiger partial charge in [-0.3, -0.25) is 9.59 Å². The van der Waals surface area contributed by atoms with Gasteiger partial charge in [-0.15, -0.1) is 0 Å². The standard InChI is InChI=1S/C20H23NO3/c1-15(14-24-2)21-20(23)13-12-19(22)18-10-8-17(9-11-18)16-6-4-3-5-7-16/h3-11,15H,12-14H2,1-2H3,(H,21,23)/t15-/m1/s1. The number of carbonyl (C=O) groups excluding carboxylic acids is 2. The Morgan fingerprint density at radius 3 is 2.21 bits per heavy atom. The fourth-order valence-electron chi connectivity index (χ4n) is 2.49. The van der Waals surface area contributed by atoms with Crippen molar-refractivity contribution in [2.24, 2.45) is 0 Å². The molecule has 4 nitrogen and oxygen atoms in total. The summed E-state index contributed by atoms with van der Waals surface area (Å²) in [5, 5.41) is 2.80. The average molecular weight is 325 g/mol. The van der Waals surface area contributed by atoms with Crippen LogP contribution >= 0.6 is 0 Å². The third kappa shape index (κ3) is 5.32. The van der Waals surface area contributed by atoms with Gasteiger partial charge in [0, 0.05) is 31.6 Å². The molecule has 0 saturated carbocycles. The molecule has 2 aromatic carbocycles. The third-order valence-electron chi connectivity index (χ3n) is 3.72. The van der Waals surface area contributed by atoms with Gasteiger partial charge in [-0.25, -0.2) is 0 Å². The van der Waals surface area contributed by atoms with E-state index in [-0.39, 0.29) is 30.6 Å². The van der Waals surface area contributed by atoms with E-state index in [1.165, 1.54) is 0 Å². The predicted molar refractivity (Wildman–Crippen MR) is 94.9 cm³/mol.